The number of carbonyl (C=O) groups excluding carboxylic acids is 2. The number of fused-ring (bicyclic) bond motifs is 1. The van der Waals surface area contributed by atoms with Gasteiger partial charge in [0.15, 0.2) is 0 Å². The third-order valence-electron chi connectivity index (χ3n) is 4.55. The molecule has 1 aromatic rings. The van der Waals surface area contributed by atoms with E-state index in [0.29, 0.717) is 17.8 Å². The van der Waals surface area contributed by atoms with Crippen LogP contribution in [0, 0.1) is 0 Å². The molecule has 0 radical (unpaired) electrons. The highest BCUT2D eigenvalue weighted by molar-refractivity contribution is 5.69. The molecule has 0 unspecified atom stereocenters. The number of ether oxygens (including phenoxy) is 1. The lowest BCUT2D eigenvalue weighted by Crippen LogP contribution is -2.44. The van der Waals surface area contributed by atoms with Gasteiger partial charge in [-0.15, -0.1) is 0 Å². The first-order valence-electron chi connectivity index (χ1n) is 9.16. The van der Waals surface area contributed by atoms with E-state index < -0.39 is 29.4 Å². The Kier molecular flexibility index (Phi) is 5.07. The van der Waals surface area contributed by atoms with Gasteiger partial charge >= 0.3 is 17.9 Å². The van der Waals surface area contributed by atoms with Crippen LogP contribution in [0.1, 0.15) is 45.7 Å². The third kappa shape index (κ3) is 4.04. The number of aromatic nitrogens is 2. The SMILES string of the molecule is CC(C)(C)OC(=O)N1CCn2c(c(O)n(OC(=O)N3CCCCC3)c2=O)C1. The van der Waals surface area contributed by atoms with Crippen LogP contribution in [0.2, 0.25) is 0 Å². The Bertz CT molecular complexity index is 785. The molecule has 3 rings (SSSR count). The van der Waals surface area contributed by atoms with Gasteiger partial charge in [-0.1, -0.05) is 4.73 Å². The number of carbonyl (C=O) groups is 2. The summed E-state index contributed by atoms with van der Waals surface area (Å²) in [5, 5.41) is 10.4. The molecule has 27 heavy (non-hydrogen) atoms. The quantitative estimate of drug-likeness (QED) is 0.781. The number of imidazole rings is 1. The first kappa shape index (κ1) is 19.1. The van der Waals surface area contributed by atoms with Gasteiger partial charge in [-0.05, 0) is 40.0 Å². The normalized spacial score (nSPS) is 17.4. The molecule has 0 spiro atoms. The molecule has 1 saturated heterocycles. The summed E-state index contributed by atoms with van der Waals surface area (Å²) in [6, 6.07) is 0. The molecule has 0 aliphatic carbocycles. The second-order valence-corrected chi connectivity index (χ2v) is 7.81. The zero-order chi connectivity index (χ0) is 19.8. The van der Waals surface area contributed by atoms with Gasteiger partial charge in [-0.3, -0.25) is 4.57 Å². The average Bonchev–Trinajstić information content (AvgIpc) is 2.85. The predicted octanol–water partition coefficient (Wildman–Crippen LogP) is 1.14. The minimum atomic E-state index is -0.668. The van der Waals surface area contributed by atoms with Crippen molar-refractivity contribution in [2.75, 3.05) is 19.6 Å². The number of rotatable bonds is 1. The summed E-state index contributed by atoms with van der Waals surface area (Å²) in [6.07, 6.45) is 1.62. The summed E-state index contributed by atoms with van der Waals surface area (Å²) < 4.78 is 7.24. The van der Waals surface area contributed by atoms with Crippen LogP contribution in [0.25, 0.3) is 0 Å². The Morgan fingerprint density at radius 2 is 1.63 bits per heavy atom. The Morgan fingerprint density at radius 1 is 0.963 bits per heavy atom. The van der Waals surface area contributed by atoms with Crippen molar-refractivity contribution < 1.29 is 24.3 Å². The monoisotopic (exact) mass is 382 g/mol. The molecule has 10 nitrogen and oxygen atoms in total. The van der Waals surface area contributed by atoms with Crippen molar-refractivity contribution in [1.29, 1.82) is 0 Å². The highest BCUT2D eigenvalue weighted by Gasteiger charge is 2.32. The topological polar surface area (TPSA) is 106 Å². The van der Waals surface area contributed by atoms with Gasteiger partial charge in [0.05, 0.1) is 6.54 Å². The van der Waals surface area contributed by atoms with Gasteiger partial charge in [-0.25, -0.2) is 14.4 Å². The number of likely N-dealkylation sites (tertiary alicyclic amines) is 1. The highest BCUT2D eigenvalue weighted by Crippen LogP contribution is 2.22. The van der Waals surface area contributed by atoms with Crippen LogP contribution in [0.5, 0.6) is 5.88 Å². The van der Waals surface area contributed by atoms with Crippen molar-refractivity contribution in [3.05, 3.63) is 16.2 Å². The molecular weight excluding hydrogens is 356 g/mol. The van der Waals surface area contributed by atoms with Crippen molar-refractivity contribution in [3.8, 4) is 5.88 Å². The summed E-state index contributed by atoms with van der Waals surface area (Å²) in [4.78, 5) is 45.0. The first-order chi connectivity index (χ1) is 12.7. The van der Waals surface area contributed by atoms with Crippen LogP contribution >= 0.6 is 0 Å². The van der Waals surface area contributed by atoms with E-state index in [4.69, 9.17) is 9.57 Å². The number of piperidine rings is 1. The van der Waals surface area contributed by atoms with Crippen molar-refractivity contribution in [1.82, 2.24) is 19.1 Å². The van der Waals surface area contributed by atoms with E-state index in [1.807, 2.05) is 0 Å². The smallest absolute Gasteiger partial charge is 0.434 e. The van der Waals surface area contributed by atoms with Crippen LogP contribution in [0.3, 0.4) is 0 Å². The fourth-order valence-electron chi connectivity index (χ4n) is 3.20. The Morgan fingerprint density at radius 3 is 2.26 bits per heavy atom. The Balaban J connectivity index is 1.76. The molecule has 1 aromatic heterocycles. The summed E-state index contributed by atoms with van der Waals surface area (Å²) >= 11 is 0. The molecule has 0 atom stereocenters. The summed E-state index contributed by atoms with van der Waals surface area (Å²) in [6.45, 7) is 6.84. The Hall–Kier alpha value is -2.65. The van der Waals surface area contributed by atoms with E-state index in [0.717, 1.165) is 19.3 Å². The van der Waals surface area contributed by atoms with E-state index >= 15 is 0 Å². The number of hydrogen-bond acceptors (Lipinski definition) is 6. The summed E-state index contributed by atoms with van der Waals surface area (Å²) in [5.41, 5.74) is -1.08. The zero-order valence-corrected chi connectivity index (χ0v) is 15.9. The van der Waals surface area contributed by atoms with Crippen molar-refractivity contribution in [2.24, 2.45) is 0 Å². The molecule has 10 heteroatoms. The van der Waals surface area contributed by atoms with Crippen LogP contribution in [0.15, 0.2) is 4.79 Å². The lowest BCUT2D eigenvalue weighted by atomic mass is 10.1. The fourth-order valence-corrected chi connectivity index (χ4v) is 3.20. The van der Waals surface area contributed by atoms with Crippen LogP contribution in [0.4, 0.5) is 9.59 Å². The first-order valence-corrected chi connectivity index (χ1v) is 9.16. The maximum atomic E-state index is 12.5. The predicted molar refractivity (Wildman–Crippen MR) is 94.4 cm³/mol. The zero-order valence-electron chi connectivity index (χ0n) is 15.9. The second kappa shape index (κ2) is 7.16. The van der Waals surface area contributed by atoms with Crippen molar-refractivity contribution >= 4 is 12.2 Å². The number of amides is 2. The molecule has 1 N–H and O–H groups in total. The molecule has 2 aliphatic heterocycles. The molecule has 0 saturated carbocycles. The lowest BCUT2D eigenvalue weighted by Gasteiger charge is -2.30. The van der Waals surface area contributed by atoms with E-state index in [9.17, 15) is 19.5 Å². The minimum absolute atomic E-state index is 0.00967. The van der Waals surface area contributed by atoms with E-state index in [-0.39, 0.29) is 25.3 Å². The highest BCUT2D eigenvalue weighted by atomic mass is 16.7. The summed E-state index contributed by atoms with van der Waals surface area (Å²) in [5.74, 6) is -0.474. The van der Waals surface area contributed by atoms with Gasteiger partial charge < -0.3 is 24.5 Å². The van der Waals surface area contributed by atoms with Crippen molar-refractivity contribution in [2.45, 2.75) is 58.7 Å². The van der Waals surface area contributed by atoms with Crippen LogP contribution in [-0.2, 0) is 17.8 Å². The molecule has 150 valence electrons. The lowest BCUT2D eigenvalue weighted by molar-refractivity contribution is 0.0196. The number of hydrogen-bond donors (Lipinski definition) is 1. The molecule has 2 aliphatic rings. The maximum Gasteiger partial charge on any atom is 0.434 e. The van der Waals surface area contributed by atoms with E-state index in [1.165, 1.54) is 14.4 Å². The molecule has 0 aromatic carbocycles. The number of nitrogens with zero attached hydrogens (tertiary/aromatic N) is 4. The number of aromatic hydroxyl groups is 1. The largest absolute Gasteiger partial charge is 0.491 e. The van der Waals surface area contributed by atoms with Crippen LogP contribution in [-0.4, -0.2) is 61.6 Å². The third-order valence-corrected chi connectivity index (χ3v) is 4.55. The fraction of sp³-hybridized carbons (Fsp3) is 0.706. The Labute approximate surface area is 156 Å². The van der Waals surface area contributed by atoms with Crippen molar-refractivity contribution in [3.63, 3.8) is 0 Å². The second-order valence-electron chi connectivity index (χ2n) is 7.81. The molecule has 1 fully saturated rings. The van der Waals surface area contributed by atoms with Gasteiger partial charge in [0.2, 0.25) is 0 Å². The summed E-state index contributed by atoms with van der Waals surface area (Å²) in [7, 11) is 0. The van der Waals surface area contributed by atoms with Crippen LogP contribution < -0.4 is 10.5 Å². The minimum Gasteiger partial charge on any atom is -0.491 e. The molecular formula is C17H26N4O6. The standard InChI is InChI=1S/C17H26N4O6/c1-17(2,3)26-15(24)19-9-10-20-12(11-19)13(22)21(14(20)23)27-16(25)18-7-5-4-6-8-18/h22H,4-11H2,1-3H3. The van der Waals surface area contributed by atoms with Gasteiger partial charge in [-0.2, -0.15) is 0 Å². The van der Waals surface area contributed by atoms with Gasteiger partial charge in [0.1, 0.15) is 11.3 Å². The van der Waals surface area contributed by atoms with Gasteiger partial charge in [0.25, 0.3) is 5.88 Å². The molecule has 2 amide bonds. The molecule has 0 bridgehead atoms. The van der Waals surface area contributed by atoms with E-state index in [2.05, 4.69) is 0 Å². The maximum absolute atomic E-state index is 12.5. The van der Waals surface area contributed by atoms with Gasteiger partial charge in [0, 0.05) is 26.2 Å². The molecule has 3 heterocycles. The average molecular weight is 382 g/mol. The van der Waals surface area contributed by atoms with E-state index in [1.54, 1.807) is 20.8 Å².